The highest BCUT2D eigenvalue weighted by Gasteiger charge is 2.01. The topological polar surface area (TPSA) is 28.7 Å². The smallest absolute Gasteiger partial charge is 0.107 e. The fraction of sp³-hybridized carbons (Fsp3) is 0.300. The average Bonchev–Trinajstić information content (AvgIpc) is 2.46. The van der Waals surface area contributed by atoms with E-state index in [1.807, 2.05) is 0 Å². The molecule has 2 aromatic rings. The molecule has 13 heavy (non-hydrogen) atoms. The van der Waals surface area contributed by atoms with E-state index in [9.17, 15) is 0 Å². The summed E-state index contributed by atoms with van der Waals surface area (Å²) in [5, 5.41) is 0. The van der Waals surface area contributed by atoms with Crippen LogP contribution >= 0.6 is 22.6 Å². The molecule has 2 nitrogen and oxygen atoms in total. The van der Waals surface area contributed by atoms with Gasteiger partial charge in [-0.05, 0) is 47.2 Å². The molecule has 2 rings (SSSR count). The number of hydrogen-bond donors (Lipinski definition) is 1. The number of aromatic amines is 1. The van der Waals surface area contributed by atoms with Gasteiger partial charge in [-0.1, -0.05) is 6.92 Å². The summed E-state index contributed by atoms with van der Waals surface area (Å²) < 4.78 is 1.25. The maximum absolute atomic E-state index is 4.48. The van der Waals surface area contributed by atoms with Gasteiger partial charge in [0.15, 0.2) is 0 Å². The minimum absolute atomic E-state index is 1.03. The van der Waals surface area contributed by atoms with Crippen LogP contribution in [-0.4, -0.2) is 9.97 Å². The van der Waals surface area contributed by atoms with Crippen LogP contribution in [-0.2, 0) is 6.42 Å². The van der Waals surface area contributed by atoms with Crippen molar-refractivity contribution in [2.24, 2.45) is 0 Å². The van der Waals surface area contributed by atoms with Gasteiger partial charge in [0.25, 0.3) is 0 Å². The first-order chi connectivity index (χ1) is 6.29. The largest absolute Gasteiger partial charge is 0.342 e. The number of halogens is 1. The number of nitrogens with one attached hydrogen (secondary N) is 1. The molecule has 1 aromatic carbocycles. The molecule has 68 valence electrons. The lowest BCUT2D eigenvalue weighted by Crippen LogP contribution is -1.83. The van der Waals surface area contributed by atoms with Crippen molar-refractivity contribution in [2.75, 3.05) is 0 Å². The molecular formula is C10H11IN2. The van der Waals surface area contributed by atoms with E-state index in [1.54, 1.807) is 0 Å². The Balaban J connectivity index is 2.49. The van der Waals surface area contributed by atoms with Gasteiger partial charge in [0.2, 0.25) is 0 Å². The quantitative estimate of drug-likeness (QED) is 0.844. The number of H-pyrrole nitrogens is 1. The normalized spacial score (nSPS) is 10.9. The lowest BCUT2D eigenvalue weighted by molar-refractivity contribution is 0.861. The fourth-order valence-corrected chi connectivity index (χ4v) is 1.88. The summed E-state index contributed by atoms with van der Waals surface area (Å²) in [6, 6.07) is 6.27. The minimum Gasteiger partial charge on any atom is -0.342 e. The molecule has 0 amide bonds. The number of nitrogens with zero attached hydrogens (tertiary/aromatic N) is 1. The summed E-state index contributed by atoms with van der Waals surface area (Å²) in [6.45, 7) is 2.16. The van der Waals surface area contributed by atoms with Crippen LogP contribution in [0.5, 0.6) is 0 Å². The molecular weight excluding hydrogens is 275 g/mol. The van der Waals surface area contributed by atoms with E-state index in [0.717, 1.165) is 29.7 Å². The number of benzene rings is 1. The monoisotopic (exact) mass is 286 g/mol. The van der Waals surface area contributed by atoms with Crippen molar-refractivity contribution in [1.29, 1.82) is 0 Å². The molecule has 0 unspecified atom stereocenters. The fourth-order valence-electron chi connectivity index (χ4n) is 1.39. The van der Waals surface area contributed by atoms with Gasteiger partial charge in [0, 0.05) is 9.99 Å². The van der Waals surface area contributed by atoms with E-state index in [-0.39, 0.29) is 0 Å². The first-order valence-corrected chi connectivity index (χ1v) is 5.51. The highest BCUT2D eigenvalue weighted by atomic mass is 127. The van der Waals surface area contributed by atoms with Crippen molar-refractivity contribution in [3.05, 3.63) is 27.6 Å². The number of fused-ring (bicyclic) bond motifs is 1. The SMILES string of the molecule is CCCc1nc2ccc(I)cc2[nH]1. The zero-order chi connectivity index (χ0) is 9.26. The number of rotatable bonds is 2. The van der Waals surface area contributed by atoms with Gasteiger partial charge < -0.3 is 4.98 Å². The van der Waals surface area contributed by atoms with Gasteiger partial charge in [0.05, 0.1) is 11.0 Å². The Morgan fingerprint density at radius 3 is 3.08 bits per heavy atom. The third kappa shape index (κ3) is 1.85. The van der Waals surface area contributed by atoms with Gasteiger partial charge in [-0.15, -0.1) is 0 Å². The molecule has 0 radical (unpaired) electrons. The van der Waals surface area contributed by atoms with Gasteiger partial charge >= 0.3 is 0 Å². The molecule has 3 heteroatoms. The van der Waals surface area contributed by atoms with Crippen molar-refractivity contribution in [2.45, 2.75) is 19.8 Å². The summed E-state index contributed by atoms with van der Waals surface area (Å²) >= 11 is 2.31. The van der Waals surface area contributed by atoms with E-state index in [0.29, 0.717) is 0 Å². The molecule has 0 spiro atoms. The predicted octanol–water partition coefficient (Wildman–Crippen LogP) is 3.12. The zero-order valence-corrected chi connectivity index (χ0v) is 9.63. The highest BCUT2D eigenvalue weighted by molar-refractivity contribution is 14.1. The van der Waals surface area contributed by atoms with Crippen molar-refractivity contribution >= 4 is 33.6 Å². The van der Waals surface area contributed by atoms with Crippen LogP contribution in [0.4, 0.5) is 0 Å². The molecule has 0 aliphatic rings. The second kappa shape index (κ2) is 3.65. The molecule has 0 fully saturated rings. The molecule has 0 atom stereocenters. The second-order valence-electron chi connectivity index (χ2n) is 3.09. The van der Waals surface area contributed by atoms with Gasteiger partial charge in [-0.3, -0.25) is 0 Å². The van der Waals surface area contributed by atoms with Gasteiger partial charge in [-0.25, -0.2) is 4.98 Å². The van der Waals surface area contributed by atoms with E-state index in [2.05, 4.69) is 57.7 Å². The van der Waals surface area contributed by atoms with Crippen LogP contribution in [0.15, 0.2) is 18.2 Å². The van der Waals surface area contributed by atoms with Crippen molar-refractivity contribution in [1.82, 2.24) is 9.97 Å². The molecule has 0 bridgehead atoms. The Labute approximate surface area is 90.9 Å². The molecule has 0 aliphatic heterocycles. The van der Waals surface area contributed by atoms with Gasteiger partial charge in [0.1, 0.15) is 5.82 Å². The van der Waals surface area contributed by atoms with Crippen molar-refractivity contribution in [3.8, 4) is 0 Å². The van der Waals surface area contributed by atoms with Crippen LogP contribution < -0.4 is 0 Å². The number of hydrogen-bond acceptors (Lipinski definition) is 1. The average molecular weight is 286 g/mol. The predicted molar refractivity (Wildman–Crippen MR) is 62.8 cm³/mol. The van der Waals surface area contributed by atoms with Crippen LogP contribution in [0, 0.1) is 3.57 Å². The van der Waals surface area contributed by atoms with E-state index >= 15 is 0 Å². The lowest BCUT2D eigenvalue weighted by Gasteiger charge is -1.88. The molecule has 0 saturated carbocycles. The summed E-state index contributed by atoms with van der Waals surface area (Å²) in [6.07, 6.45) is 2.17. The minimum atomic E-state index is 1.03. The van der Waals surface area contributed by atoms with E-state index < -0.39 is 0 Å². The van der Waals surface area contributed by atoms with Crippen LogP contribution in [0.1, 0.15) is 19.2 Å². The van der Waals surface area contributed by atoms with Crippen molar-refractivity contribution < 1.29 is 0 Å². The molecule has 0 aliphatic carbocycles. The Morgan fingerprint density at radius 2 is 2.31 bits per heavy atom. The second-order valence-corrected chi connectivity index (χ2v) is 4.34. The Bertz CT molecular complexity index is 420. The summed E-state index contributed by atoms with van der Waals surface area (Å²) in [7, 11) is 0. The van der Waals surface area contributed by atoms with Crippen LogP contribution in [0.2, 0.25) is 0 Å². The molecule has 1 N–H and O–H groups in total. The van der Waals surface area contributed by atoms with Gasteiger partial charge in [-0.2, -0.15) is 0 Å². The summed E-state index contributed by atoms with van der Waals surface area (Å²) in [4.78, 5) is 7.81. The summed E-state index contributed by atoms with van der Waals surface area (Å²) in [5.74, 6) is 1.10. The Kier molecular flexibility index (Phi) is 2.53. The molecule has 0 saturated heterocycles. The van der Waals surface area contributed by atoms with E-state index in [1.165, 1.54) is 3.57 Å². The third-order valence-corrected chi connectivity index (χ3v) is 2.65. The van der Waals surface area contributed by atoms with E-state index in [4.69, 9.17) is 0 Å². The number of imidazole rings is 1. The highest BCUT2D eigenvalue weighted by Crippen LogP contribution is 2.15. The van der Waals surface area contributed by atoms with Crippen LogP contribution in [0.25, 0.3) is 11.0 Å². The summed E-state index contributed by atoms with van der Waals surface area (Å²) in [5.41, 5.74) is 2.22. The number of aromatic nitrogens is 2. The maximum Gasteiger partial charge on any atom is 0.107 e. The zero-order valence-electron chi connectivity index (χ0n) is 7.47. The Hall–Kier alpha value is -0.580. The van der Waals surface area contributed by atoms with Crippen molar-refractivity contribution in [3.63, 3.8) is 0 Å². The first-order valence-electron chi connectivity index (χ1n) is 4.43. The molecule has 1 aromatic heterocycles. The third-order valence-electron chi connectivity index (χ3n) is 1.98. The van der Waals surface area contributed by atoms with Crippen LogP contribution in [0.3, 0.4) is 0 Å². The lowest BCUT2D eigenvalue weighted by atomic mass is 10.3. The molecule has 1 heterocycles. The standard InChI is InChI=1S/C10H11IN2/c1-2-3-10-12-8-5-4-7(11)6-9(8)13-10/h4-6H,2-3H2,1H3,(H,12,13). The number of aryl methyl sites for hydroxylation is 1. The first kappa shape index (κ1) is 8.99. The maximum atomic E-state index is 4.48. The Morgan fingerprint density at radius 1 is 1.46 bits per heavy atom.